The molecule has 2 aliphatic rings. The lowest BCUT2D eigenvalue weighted by molar-refractivity contribution is -0.140. The third-order valence-corrected chi connectivity index (χ3v) is 6.39. The first-order chi connectivity index (χ1) is 9.97. The van der Waals surface area contributed by atoms with Crippen molar-refractivity contribution in [2.75, 3.05) is 13.1 Å². The summed E-state index contributed by atoms with van der Waals surface area (Å²) in [5, 5.41) is 9.34. The molecule has 0 aromatic heterocycles. The van der Waals surface area contributed by atoms with Crippen LogP contribution in [-0.4, -0.2) is 36.9 Å². The fourth-order valence-corrected chi connectivity index (χ4v) is 4.52. The van der Waals surface area contributed by atoms with E-state index in [0.717, 1.165) is 19.3 Å². The van der Waals surface area contributed by atoms with Crippen LogP contribution in [0.1, 0.15) is 37.7 Å². The molecule has 6 heteroatoms. The van der Waals surface area contributed by atoms with Gasteiger partial charge in [0.05, 0.1) is 10.3 Å². The van der Waals surface area contributed by atoms with E-state index in [1.807, 2.05) is 0 Å². The van der Waals surface area contributed by atoms with Crippen molar-refractivity contribution in [1.29, 1.82) is 0 Å². The summed E-state index contributed by atoms with van der Waals surface area (Å²) >= 11 is 0. The van der Waals surface area contributed by atoms with Gasteiger partial charge in [0.15, 0.2) is 0 Å². The molecule has 0 bridgehead atoms. The van der Waals surface area contributed by atoms with Gasteiger partial charge in [-0.2, -0.15) is 4.31 Å². The van der Waals surface area contributed by atoms with Crippen molar-refractivity contribution >= 4 is 16.0 Å². The van der Waals surface area contributed by atoms with E-state index in [1.165, 1.54) is 4.31 Å². The number of nitrogens with zero attached hydrogens (tertiary/aromatic N) is 1. The molecule has 0 amide bonds. The summed E-state index contributed by atoms with van der Waals surface area (Å²) in [5.74, 6) is -0.866. The second-order valence-electron chi connectivity index (χ2n) is 5.88. The van der Waals surface area contributed by atoms with Gasteiger partial charge >= 0.3 is 5.97 Å². The number of hydrogen-bond donors (Lipinski definition) is 1. The molecule has 5 nitrogen and oxygen atoms in total. The Morgan fingerprint density at radius 3 is 2.38 bits per heavy atom. The molecule has 1 aromatic carbocycles. The molecule has 3 rings (SSSR count). The van der Waals surface area contributed by atoms with Crippen molar-refractivity contribution in [3.63, 3.8) is 0 Å². The minimum Gasteiger partial charge on any atom is -0.481 e. The first-order valence-electron chi connectivity index (χ1n) is 7.31. The SMILES string of the molecule is O=C(O)C1(c2cccc(S(=O)(=O)N3CCCCC3)c2)CC1. The normalized spacial score (nSPS) is 21.9. The van der Waals surface area contributed by atoms with Crippen molar-refractivity contribution in [2.45, 2.75) is 42.4 Å². The molecule has 1 saturated heterocycles. The predicted molar refractivity (Wildman–Crippen MR) is 77.6 cm³/mol. The Balaban J connectivity index is 1.94. The number of aliphatic carboxylic acids is 1. The molecular formula is C15H19NO4S. The minimum absolute atomic E-state index is 0.217. The summed E-state index contributed by atoms with van der Waals surface area (Å²) in [6.45, 7) is 1.10. The molecule has 1 aliphatic heterocycles. The second kappa shape index (κ2) is 5.10. The smallest absolute Gasteiger partial charge is 0.314 e. The van der Waals surface area contributed by atoms with Crippen molar-refractivity contribution in [3.8, 4) is 0 Å². The number of hydrogen-bond acceptors (Lipinski definition) is 3. The Bertz CT molecular complexity index is 658. The Kier molecular flexibility index (Phi) is 3.53. The second-order valence-corrected chi connectivity index (χ2v) is 7.82. The molecule has 1 saturated carbocycles. The van der Waals surface area contributed by atoms with Crippen LogP contribution < -0.4 is 0 Å². The van der Waals surface area contributed by atoms with Gasteiger partial charge in [-0.1, -0.05) is 18.6 Å². The quantitative estimate of drug-likeness (QED) is 0.923. The maximum Gasteiger partial charge on any atom is 0.314 e. The third-order valence-electron chi connectivity index (χ3n) is 4.50. The van der Waals surface area contributed by atoms with Crippen LogP contribution in [0.5, 0.6) is 0 Å². The molecule has 1 N–H and O–H groups in total. The maximum absolute atomic E-state index is 12.6. The molecule has 21 heavy (non-hydrogen) atoms. The van der Waals surface area contributed by atoms with Crippen molar-refractivity contribution in [2.24, 2.45) is 0 Å². The Morgan fingerprint density at radius 1 is 1.14 bits per heavy atom. The highest BCUT2D eigenvalue weighted by Crippen LogP contribution is 2.48. The molecular weight excluding hydrogens is 290 g/mol. The van der Waals surface area contributed by atoms with Crippen molar-refractivity contribution < 1.29 is 18.3 Å². The summed E-state index contributed by atoms with van der Waals surface area (Å²) in [6.07, 6.45) is 4.00. The van der Waals surface area contributed by atoms with Gasteiger partial charge in [0.1, 0.15) is 0 Å². The lowest BCUT2D eigenvalue weighted by Gasteiger charge is -2.26. The van der Waals surface area contributed by atoms with Crippen molar-refractivity contribution in [3.05, 3.63) is 29.8 Å². The van der Waals surface area contributed by atoms with E-state index in [9.17, 15) is 18.3 Å². The number of rotatable bonds is 4. The van der Waals surface area contributed by atoms with Crippen LogP contribution in [0.4, 0.5) is 0 Å². The average Bonchev–Trinajstić information content (AvgIpc) is 3.30. The van der Waals surface area contributed by atoms with E-state index in [4.69, 9.17) is 0 Å². The van der Waals surface area contributed by atoms with Gasteiger partial charge in [-0.05, 0) is 43.4 Å². The average molecular weight is 309 g/mol. The monoisotopic (exact) mass is 309 g/mol. The van der Waals surface area contributed by atoms with Crippen LogP contribution in [0, 0.1) is 0 Å². The summed E-state index contributed by atoms with van der Waals surface area (Å²) in [7, 11) is -3.50. The van der Waals surface area contributed by atoms with Crippen LogP contribution in [-0.2, 0) is 20.2 Å². The van der Waals surface area contributed by atoms with Gasteiger partial charge in [0.2, 0.25) is 10.0 Å². The molecule has 114 valence electrons. The summed E-state index contributed by atoms with van der Waals surface area (Å²) in [4.78, 5) is 11.6. The lowest BCUT2D eigenvalue weighted by Crippen LogP contribution is -2.35. The Morgan fingerprint density at radius 2 is 1.81 bits per heavy atom. The van der Waals surface area contributed by atoms with Crippen LogP contribution >= 0.6 is 0 Å². The highest BCUT2D eigenvalue weighted by Gasteiger charge is 2.52. The summed E-state index contributed by atoms with van der Waals surface area (Å²) < 4.78 is 26.8. The predicted octanol–water partition coefficient (Wildman–Crippen LogP) is 1.98. The molecule has 1 heterocycles. The van der Waals surface area contributed by atoms with Gasteiger partial charge in [-0.15, -0.1) is 0 Å². The van der Waals surface area contributed by atoms with Crippen LogP contribution in [0.3, 0.4) is 0 Å². The van der Waals surface area contributed by atoms with E-state index >= 15 is 0 Å². The fraction of sp³-hybridized carbons (Fsp3) is 0.533. The zero-order chi connectivity index (χ0) is 15.1. The van der Waals surface area contributed by atoms with Gasteiger partial charge in [-0.3, -0.25) is 4.79 Å². The number of sulfonamides is 1. The van der Waals surface area contributed by atoms with Crippen LogP contribution in [0.2, 0.25) is 0 Å². The van der Waals surface area contributed by atoms with Gasteiger partial charge < -0.3 is 5.11 Å². The number of carboxylic acids is 1. The molecule has 2 fully saturated rings. The van der Waals surface area contributed by atoms with Crippen molar-refractivity contribution in [1.82, 2.24) is 4.31 Å². The highest BCUT2D eigenvalue weighted by molar-refractivity contribution is 7.89. The number of carbonyl (C=O) groups is 1. The minimum atomic E-state index is -3.50. The largest absolute Gasteiger partial charge is 0.481 e. The van der Waals surface area contributed by atoms with E-state index in [0.29, 0.717) is 31.5 Å². The molecule has 0 unspecified atom stereocenters. The Labute approximate surface area is 124 Å². The van der Waals surface area contributed by atoms with Crippen LogP contribution in [0.15, 0.2) is 29.2 Å². The molecule has 0 radical (unpaired) electrons. The zero-order valence-corrected chi connectivity index (χ0v) is 12.6. The zero-order valence-electron chi connectivity index (χ0n) is 11.8. The van der Waals surface area contributed by atoms with Gasteiger partial charge in [0, 0.05) is 13.1 Å². The van der Waals surface area contributed by atoms with Gasteiger partial charge in [0.25, 0.3) is 0 Å². The third kappa shape index (κ3) is 2.46. The number of piperidine rings is 1. The van der Waals surface area contributed by atoms with E-state index in [2.05, 4.69) is 0 Å². The molecule has 1 aliphatic carbocycles. The first kappa shape index (κ1) is 14.5. The number of benzene rings is 1. The van der Waals surface area contributed by atoms with E-state index < -0.39 is 21.4 Å². The van der Waals surface area contributed by atoms with E-state index in [-0.39, 0.29) is 4.90 Å². The number of carboxylic acid groups (broad SMARTS) is 1. The summed E-state index contributed by atoms with van der Waals surface area (Å²) in [6, 6.07) is 6.47. The maximum atomic E-state index is 12.6. The molecule has 1 aromatic rings. The lowest BCUT2D eigenvalue weighted by atomic mass is 9.96. The summed E-state index contributed by atoms with van der Waals surface area (Å²) in [5.41, 5.74) is -0.263. The molecule has 0 atom stereocenters. The first-order valence-corrected chi connectivity index (χ1v) is 8.75. The van der Waals surface area contributed by atoms with Crippen LogP contribution in [0.25, 0.3) is 0 Å². The standard InChI is InChI=1S/C15H19NO4S/c17-14(18)15(7-8-15)12-5-4-6-13(11-12)21(19,20)16-9-2-1-3-10-16/h4-6,11H,1-3,7-10H2,(H,17,18). The fourth-order valence-electron chi connectivity index (χ4n) is 2.96. The highest BCUT2D eigenvalue weighted by atomic mass is 32.2. The van der Waals surface area contributed by atoms with Gasteiger partial charge in [-0.25, -0.2) is 8.42 Å². The topological polar surface area (TPSA) is 74.7 Å². The van der Waals surface area contributed by atoms with E-state index in [1.54, 1.807) is 24.3 Å². The Hall–Kier alpha value is -1.40. The molecule has 0 spiro atoms.